The summed E-state index contributed by atoms with van der Waals surface area (Å²) in [4.78, 5) is 14.3. The lowest BCUT2D eigenvalue weighted by Crippen LogP contribution is -2.13. The fourth-order valence-corrected chi connectivity index (χ4v) is 2.16. The number of carbonyl (C=O) groups is 1. The molecule has 0 saturated carbocycles. The molecule has 0 saturated heterocycles. The molecule has 110 valence electrons. The molecule has 0 aliphatic carbocycles. The maximum Gasteiger partial charge on any atom is 0.255 e. The third kappa shape index (κ3) is 4.21. The van der Waals surface area contributed by atoms with Crippen LogP contribution in [-0.2, 0) is 6.54 Å². The summed E-state index contributed by atoms with van der Waals surface area (Å²) in [6.45, 7) is 0.817. The van der Waals surface area contributed by atoms with Crippen molar-refractivity contribution < 1.29 is 4.79 Å². The number of nitrogens with one attached hydrogen (secondary N) is 1. The number of amides is 1. The van der Waals surface area contributed by atoms with Crippen molar-refractivity contribution in [1.29, 1.82) is 0 Å². The standard InChI is InChI=1S/C16H18ClN3O/c1-20(2)10-11-4-3-5-13(8-11)19-16(21)12-6-7-15(18)14(17)9-12/h3-9H,10,18H2,1-2H3,(H,19,21). The third-order valence-corrected chi connectivity index (χ3v) is 3.27. The van der Waals surface area contributed by atoms with Crippen LogP contribution in [0.1, 0.15) is 15.9 Å². The SMILES string of the molecule is CN(C)Cc1cccc(NC(=O)c2ccc(N)c(Cl)c2)c1. The Morgan fingerprint density at radius 3 is 2.67 bits per heavy atom. The molecule has 0 fully saturated rings. The van der Waals surface area contributed by atoms with Crippen molar-refractivity contribution in [3.8, 4) is 0 Å². The lowest BCUT2D eigenvalue weighted by molar-refractivity contribution is 0.102. The van der Waals surface area contributed by atoms with E-state index in [0.29, 0.717) is 16.3 Å². The molecule has 0 aliphatic rings. The molecule has 21 heavy (non-hydrogen) atoms. The van der Waals surface area contributed by atoms with Gasteiger partial charge in [0.25, 0.3) is 5.91 Å². The average molecular weight is 304 g/mol. The molecule has 0 spiro atoms. The first-order valence-electron chi connectivity index (χ1n) is 6.56. The summed E-state index contributed by atoms with van der Waals surface area (Å²) in [5.41, 5.74) is 8.47. The Labute approximate surface area is 129 Å². The van der Waals surface area contributed by atoms with Gasteiger partial charge in [-0.3, -0.25) is 4.79 Å². The van der Waals surface area contributed by atoms with Gasteiger partial charge in [0.1, 0.15) is 0 Å². The number of halogens is 1. The molecule has 0 atom stereocenters. The van der Waals surface area contributed by atoms with E-state index in [2.05, 4.69) is 10.2 Å². The second-order valence-electron chi connectivity index (χ2n) is 5.13. The Morgan fingerprint density at radius 1 is 1.24 bits per heavy atom. The van der Waals surface area contributed by atoms with Gasteiger partial charge in [0.05, 0.1) is 10.7 Å². The molecule has 2 aromatic carbocycles. The van der Waals surface area contributed by atoms with Crippen LogP contribution in [0.25, 0.3) is 0 Å². The lowest BCUT2D eigenvalue weighted by atomic mass is 10.1. The molecule has 0 heterocycles. The van der Waals surface area contributed by atoms with E-state index in [-0.39, 0.29) is 5.91 Å². The zero-order valence-corrected chi connectivity index (χ0v) is 12.8. The van der Waals surface area contributed by atoms with Crippen molar-refractivity contribution in [1.82, 2.24) is 4.90 Å². The van der Waals surface area contributed by atoms with Crippen molar-refractivity contribution >= 4 is 28.9 Å². The van der Waals surface area contributed by atoms with E-state index in [1.54, 1.807) is 18.2 Å². The molecular weight excluding hydrogens is 286 g/mol. The molecule has 0 aromatic heterocycles. The summed E-state index contributed by atoms with van der Waals surface area (Å²) in [5, 5.41) is 3.24. The second kappa shape index (κ2) is 6.61. The first kappa shape index (κ1) is 15.4. The van der Waals surface area contributed by atoms with E-state index < -0.39 is 0 Å². The molecule has 2 aromatic rings. The summed E-state index contributed by atoms with van der Waals surface area (Å²) < 4.78 is 0. The van der Waals surface area contributed by atoms with Crippen LogP contribution in [0.2, 0.25) is 5.02 Å². The summed E-state index contributed by atoms with van der Waals surface area (Å²) in [6, 6.07) is 12.6. The van der Waals surface area contributed by atoms with Crippen molar-refractivity contribution in [2.24, 2.45) is 0 Å². The molecular formula is C16H18ClN3O. The molecule has 0 aliphatic heterocycles. The van der Waals surface area contributed by atoms with Crippen LogP contribution in [0.5, 0.6) is 0 Å². The topological polar surface area (TPSA) is 58.4 Å². The summed E-state index contributed by atoms with van der Waals surface area (Å²) in [7, 11) is 4.00. The van der Waals surface area contributed by atoms with Gasteiger partial charge in [-0.15, -0.1) is 0 Å². The van der Waals surface area contributed by atoms with Crippen LogP contribution < -0.4 is 11.1 Å². The number of nitrogens with zero attached hydrogens (tertiary/aromatic N) is 1. The highest BCUT2D eigenvalue weighted by Gasteiger charge is 2.08. The molecule has 0 bridgehead atoms. The van der Waals surface area contributed by atoms with Crippen LogP contribution in [0.4, 0.5) is 11.4 Å². The number of nitrogens with two attached hydrogens (primary N) is 1. The number of rotatable bonds is 4. The summed E-state index contributed by atoms with van der Waals surface area (Å²) in [5.74, 6) is -0.209. The van der Waals surface area contributed by atoms with Gasteiger partial charge in [-0.05, 0) is 50.0 Å². The zero-order valence-electron chi connectivity index (χ0n) is 12.1. The summed E-state index contributed by atoms with van der Waals surface area (Å²) >= 11 is 5.93. The molecule has 3 N–H and O–H groups in total. The highest BCUT2D eigenvalue weighted by molar-refractivity contribution is 6.33. The molecule has 0 radical (unpaired) electrons. The van der Waals surface area contributed by atoms with Crippen LogP contribution in [0, 0.1) is 0 Å². The van der Waals surface area contributed by atoms with Gasteiger partial charge in [-0.25, -0.2) is 0 Å². The maximum absolute atomic E-state index is 12.2. The Hall–Kier alpha value is -2.04. The van der Waals surface area contributed by atoms with Crippen molar-refractivity contribution in [3.05, 3.63) is 58.6 Å². The van der Waals surface area contributed by atoms with Gasteiger partial charge in [0, 0.05) is 17.8 Å². The Morgan fingerprint density at radius 2 is 2.00 bits per heavy atom. The molecule has 2 rings (SSSR count). The van der Waals surface area contributed by atoms with Crippen molar-refractivity contribution in [3.63, 3.8) is 0 Å². The van der Waals surface area contributed by atoms with E-state index >= 15 is 0 Å². The van der Waals surface area contributed by atoms with E-state index in [1.165, 1.54) is 0 Å². The molecule has 5 heteroatoms. The number of nitrogen functional groups attached to an aromatic ring is 1. The maximum atomic E-state index is 12.2. The molecule has 4 nitrogen and oxygen atoms in total. The minimum absolute atomic E-state index is 0.209. The van der Waals surface area contributed by atoms with E-state index in [9.17, 15) is 4.79 Å². The number of hydrogen-bond donors (Lipinski definition) is 2. The first-order chi connectivity index (χ1) is 9.95. The largest absolute Gasteiger partial charge is 0.398 e. The minimum atomic E-state index is -0.209. The smallest absolute Gasteiger partial charge is 0.255 e. The Bertz CT molecular complexity index is 656. The third-order valence-electron chi connectivity index (χ3n) is 2.95. The molecule has 1 amide bonds. The van der Waals surface area contributed by atoms with Crippen molar-refractivity contribution in [2.75, 3.05) is 25.1 Å². The highest BCUT2D eigenvalue weighted by Crippen LogP contribution is 2.20. The fourth-order valence-electron chi connectivity index (χ4n) is 1.98. The Kier molecular flexibility index (Phi) is 4.83. The van der Waals surface area contributed by atoms with Crippen molar-refractivity contribution in [2.45, 2.75) is 6.54 Å². The number of carbonyl (C=O) groups excluding carboxylic acids is 1. The normalized spacial score (nSPS) is 10.7. The van der Waals surface area contributed by atoms with Crippen LogP contribution >= 0.6 is 11.6 Å². The first-order valence-corrected chi connectivity index (χ1v) is 6.93. The van der Waals surface area contributed by atoms with Gasteiger partial charge in [0.15, 0.2) is 0 Å². The predicted molar refractivity (Wildman–Crippen MR) is 87.7 cm³/mol. The number of benzene rings is 2. The highest BCUT2D eigenvalue weighted by atomic mass is 35.5. The van der Waals surface area contributed by atoms with E-state index in [4.69, 9.17) is 17.3 Å². The minimum Gasteiger partial charge on any atom is -0.398 e. The van der Waals surface area contributed by atoms with Gasteiger partial charge < -0.3 is 16.0 Å². The van der Waals surface area contributed by atoms with E-state index in [1.807, 2.05) is 38.4 Å². The van der Waals surface area contributed by atoms with Gasteiger partial charge in [0.2, 0.25) is 0 Å². The molecule has 0 unspecified atom stereocenters. The lowest BCUT2D eigenvalue weighted by Gasteiger charge is -2.11. The van der Waals surface area contributed by atoms with Crippen LogP contribution in [0.3, 0.4) is 0 Å². The van der Waals surface area contributed by atoms with Crippen LogP contribution in [-0.4, -0.2) is 24.9 Å². The summed E-state index contributed by atoms with van der Waals surface area (Å²) in [6.07, 6.45) is 0. The Balaban J connectivity index is 2.13. The van der Waals surface area contributed by atoms with Gasteiger partial charge in [-0.2, -0.15) is 0 Å². The second-order valence-corrected chi connectivity index (χ2v) is 5.54. The number of hydrogen-bond acceptors (Lipinski definition) is 3. The average Bonchev–Trinajstić information content (AvgIpc) is 2.41. The zero-order chi connectivity index (χ0) is 15.4. The van der Waals surface area contributed by atoms with Gasteiger partial charge in [-0.1, -0.05) is 23.7 Å². The van der Waals surface area contributed by atoms with Gasteiger partial charge >= 0.3 is 0 Å². The fraction of sp³-hybridized carbons (Fsp3) is 0.188. The monoisotopic (exact) mass is 303 g/mol. The van der Waals surface area contributed by atoms with E-state index in [0.717, 1.165) is 17.8 Å². The predicted octanol–water partition coefficient (Wildman–Crippen LogP) is 3.24. The quantitative estimate of drug-likeness (QED) is 0.853. The number of anilines is 2. The van der Waals surface area contributed by atoms with Crippen LogP contribution in [0.15, 0.2) is 42.5 Å².